The molecule has 2 fully saturated rings. The molecule has 1 aromatic carbocycles. The molecule has 1 unspecified atom stereocenters. The van der Waals surface area contributed by atoms with E-state index in [0.29, 0.717) is 24.2 Å². The van der Waals surface area contributed by atoms with Crippen molar-refractivity contribution in [2.45, 2.75) is 82.8 Å². The molecule has 3 aliphatic rings. The summed E-state index contributed by atoms with van der Waals surface area (Å²) in [6, 6.07) is 4.58. The molecule has 4 rings (SSSR count). The monoisotopic (exact) mass is 392 g/mol. The van der Waals surface area contributed by atoms with Gasteiger partial charge in [-0.15, -0.1) is 0 Å². The van der Waals surface area contributed by atoms with Gasteiger partial charge in [-0.25, -0.2) is 0 Å². The van der Waals surface area contributed by atoms with Crippen molar-refractivity contribution < 1.29 is 10.2 Å². The second-order valence-electron chi connectivity index (χ2n) is 8.71. The van der Waals surface area contributed by atoms with Gasteiger partial charge < -0.3 is 10.2 Å². The molecule has 0 radical (unpaired) electrons. The lowest BCUT2D eigenvalue weighted by Gasteiger charge is -2.22. The summed E-state index contributed by atoms with van der Waals surface area (Å²) in [5, 5.41) is 19.8. The Morgan fingerprint density at radius 3 is 2.46 bits per heavy atom. The minimum Gasteiger partial charge on any atom is -0.366 e. The summed E-state index contributed by atoms with van der Waals surface area (Å²) < 4.78 is 1.30. The summed E-state index contributed by atoms with van der Waals surface area (Å²) in [6.07, 6.45) is 13.3. The van der Waals surface area contributed by atoms with Crippen LogP contribution in [0, 0.1) is 11.3 Å². The van der Waals surface area contributed by atoms with E-state index >= 15 is 0 Å². The number of aliphatic hydroxyl groups is 2. The van der Waals surface area contributed by atoms with Gasteiger partial charge in [-0.2, -0.15) is 0 Å². The predicted molar refractivity (Wildman–Crippen MR) is 99.9 cm³/mol. The Balaban J connectivity index is 1.54. The molecule has 0 amide bonds. The Morgan fingerprint density at radius 1 is 0.917 bits per heavy atom. The van der Waals surface area contributed by atoms with Gasteiger partial charge in [0.1, 0.15) is 0 Å². The highest BCUT2D eigenvalue weighted by molar-refractivity contribution is 9.10. The Hall–Kier alpha value is -0.380. The Kier molecular flexibility index (Phi) is 4.55. The Morgan fingerprint density at radius 2 is 1.67 bits per heavy atom. The minimum absolute atomic E-state index is 0.528. The second kappa shape index (κ2) is 6.41. The molecule has 0 aliphatic heterocycles. The van der Waals surface area contributed by atoms with Crippen LogP contribution in [-0.4, -0.2) is 16.0 Å². The fourth-order valence-corrected chi connectivity index (χ4v) is 6.01. The third-order valence-electron chi connectivity index (χ3n) is 6.89. The van der Waals surface area contributed by atoms with Crippen LogP contribution in [0.4, 0.5) is 0 Å². The second-order valence-corrected chi connectivity index (χ2v) is 9.56. The topological polar surface area (TPSA) is 40.5 Å². The highest BCUT2D eigenvalue weighted by Gasteiger charge is 2.41. The van der Waals surface area contributed by atoms with Gasteiger partial charge in [-0.05, 0) is 85.5 Å². The van der Waals surface area contributed by atoms with Crippen molar-refractivity contribution in [1.82, 2.24) is 0 Å². The first-order valence-electron chi connectivity index (χ1n) is 9.70. The first kappa shape index (κ1) is 17.1. The van der Waals surface area contributed by atoms with E-state index in [1.165, 1.54) is 48.6 Å². The number of benzene rings is 1. The molecular weight excluding hydrogens is 364 g/mol. The molecule has 3 aliphatic carbocycles. The molecular formula is C21H29BrO2. The average Bonchev–Trinajstić information content (AvgIpc) is 3.11. The van der Waals surface area contributed by atoms with E-state index in [4.69, 9.17) is 0 Å². The SMILES string of the molecule is OC1(O)CCCC(Cc2ccc(Br)c3c2CC2(CCCC2)C3)CC1. The van der Waals surface area contributed by atoms with E-state index in [9.17, 15) is 10.2 Å². The zero-order valence-corrected chi connectivity index (χ0v) is 16.1. The van der Waals surface area contributed by atoms with Crippen LogP contribution in [0.25, 0.3) is 0 Å². The van der Waals surface area contributed by atoms with Crippen molar-refractivity contribution in [3.8, 4) is 0 Å². The van der Waals surface area contributed by atoms with Crippen LogP contribution in [0.15, 0.2) is 16.6 Å². The average molecular weight is 393 g/mol. The molecule has 2 saturated carbocycles. The summed E-state index contributed by atoms with van der Waals surface area (Å²) in [5.74, 6) is -0.832. The van der Waals surface area contributed by atoms with Crippen molar-refractivity contribution in [2.75, 3.05) is 0 Å². The number of hydrogen-bond donors (Lipinski definition) is 2. The van der Waals surface area contributed by atoms with Crippen LogP contribution in [0.2, 0.25) is 0 Å². The van der Waals surface area contributed by atoms with Crippen LogP contribution in [0.5, 0.6) is 0 Å². The third kappa shape index (κ3) is 3.32. The van der Waals surface area contributed by atoms with Gasteiger partial charge in [-0.1, -0.05) is 34.8 Å². The molecule has 0 saturated heterocycles. The van der Waals surface area contributed by atoms with E-state index in [1.54, 1.807) is 11.1 Å². The highest BCUT2D eigenvalue weighted by Crippen LogP contribution is 2.51. The summed E-state index contributed by atoms with van der Waals surface area (Å²) in [5.41, 5.74) is 5.28. The summed E-state index contributed by atoms with van der Waals surface area (Å²) >= 11 is 3.80. The van der Waals surface area contributed by atoms with Gasteiger partial charge >= 0.3 is 0 Å². The Bertz CT molecular complexity index is 617. The highest BCUT2D eigenvalue weighted by atomic mass is 79.9. The third-order valence-corrected chi connectivity index (χ3v) is 7.63. The largest absolute Gasteiger partial charge is 0.366 e. The van der Waals surface area contributed by atoms with Crippen molar-refractivity contribution in [3.05, 3.63) is 33.3 Å². The molecule has 2 nitrogen and oxygen atoms in total. The summed E-state index contributed by atoms with van der Waals surface area (Å²) in [6.45, 7) is 0. The molecule has 24 heavy (non-hydrogen) atoms. The zero-order valence-electron chi connectivity index (χ0n) is 14.5. The van der Waals surface area contributed by atoms with Gasteiger partial charge in [-0.3, -0.25) is 0 Å². The van der Waals surface area contributed by atoms with Crippen molar-refractivity contribution in [1.29, 1.82) is 0 Å². The van der Waals surface area contributed by atoms with Gasteiger partial charge in [0.25, 0.3) is 0 Å². The van der Waals surface area contributed by atoms with E-state index in [-0.39, 0.29) is 0 Å². The first-order valence-corrected chi connectivity index (χ1v) is 10.5. The number of fused-ring (bicyclic) bond motifs is 1. The van der Waals surface area contributed by atoms with Crippen LogP contribution in [0.1, 0.15) is 74.5 Å². The molecule has 2 N–H and O–H groups in total. The molecule has 132 valence electrons. The normalized spacial score (nSPS) is 28.0. The van der Waals surface area contributed by atoms with E-state index in [2.05, 4.69) is 28.1 Å². The van der Waals surface area contributed by atoms with E-state index in [1.807, 2.05) is 0 Å². The van der Waals surface area contributed by atoms with Gasteiger partial charge in [0, 0.05) is 17.3 Å². The summed E-state index contributed by atoms with van der Waals surface area (Å²) in [7, 11) is 0. The molecule has 0 aromatic heterocycles. The van der Waals surface area contributed by atoms with Gasteiger partial charge in [0.15, 0.2) is 5.79 Å². The number of hydrogen-bond acceptors (Lipinski definition) is 2. The molecule has 3 heteroatoms. The maximum Gasteiger partial charge on any atom is 0.162 e. The van der Waals surface area contributed by atoms with E-state index in [0.717, 1.165) is 25.7 Å². The molecule has 0 heterocycles. The standard InChI is InChI=1S/C21H29BrO2/c22-19-6-5-16(12-15-4-3-10-21(23,24)11-7-15)17-13-20(14-18(17)19)8-1-2-9-20/h5-6,15,23-24H,1-4,7-14H2. The fourth-order valence-electron chi connectivity index (χ4n) is 5.50. The van der Waals surface area contributed by atoms with Crippen LogP contribution in [0.3, 0.4) is 0 Å². The predicted octanol–water partition coefficient (Wildman–Crippen LogP) is 4.91. The van der Waals surface area contributed by atoms with Crippen LogP contribution >= 0.6 is 15.9 Å². The van der Waals surface area contributed by atoms with Crippen LogP contribution < -0.4 is 0 Å². The summed E-state index contributed by atoms with van der Waals surface area (Å²) in [4.78, 5) is 0. The van der Waals surface area contributed by atoms with Gasteiger partial charge in [0.2, 0.25) is 0 Å². The zero-order chi connectivity index (χ0) is 16.8. The molecule has 0 bridgehead atoms. The molecule has 1 spiro atoms. The maximum atomic E-state index is 9.92. The van der Waals surface area contributed by atoms with Crippen molar-refractivity contribution in [2.24, 2.45) is 11.3 Å². The number of rotatable bonds is 2. The minimum atomic E-state index is -1.43. The van der Waals surface area contributed by atoms with Gasteiger partial charge in [0.05, 0.1) is 0 Å². The Labute approximate surface area is 153 Å². The quantitative estimate of drug-likeness (QED) is 0.554. The van der Waals surface area contributed by atoms with E-state index < -0.39 is 5.79 Å². The lowest BCUT2D eigenvalue weighted by molar-refractivity contribution is -0.168. The smallest absolute Gasteiger partial charge is 0.162 e. The molecule has 1 aromatic rings. The number of halogens is 1. The first-order chi connectivity index (χ1) is 11.5. The maximum absolute atomic E-state index is 9.92. The molecule has 1 atom stereocenters. The fraction of sp³-hybridized carbons (Fsp3) is 0.714. The van der Waals surface area contributed by atoms with Crippen LogP contribution in [-0.2, 0) is 19.3 Å². The van der Waals surface area contributed by atoms with Crippen molar-refractivity contribution >= 4 is 15.9 Å². The lowest BCUT2D eigenvalue weighted by atomic mass is 9.82. The lowest BCUT2D eigenvalue weighted by Crippen LogP contribution is -2.26. The van der Waals surface area contributed by atoms with Crippen molar-refractivity contribution in [3.63, 3.8) is 0 Å².